The van der Waals surface area contributed by atoms with E-state index in [9.17, 15) is 4.79 Å². The minimum Gasteiger partial charge on any atom is -0.537 e. The Morgan fingerprint density at radius 3 is 2.92 bits per heavy atom. The van der Waals surface area contributed by atoms with E-state index in [1.165, 1.54) is 6.92 Å². The van der Waals surface area contributed by atoms with Crippen molar-refractivity contribution >= 4 is 13.5 Å². The Morgan fingerprint density at radius 2 is 2.33 bits per heavy atom. The molecule has 0 atom stereocenters. The molecule has 1 aromatic rings. The fraction of sp³-hybridized carbons (Fsp3) is 0.125. The molecule has 0 aromatic heterocycles. The molecule has 0 aliphatic carbocycles. The van der Waals surface area contributed by atoms with Gasteiger partial charge in [-0.15, -0.1) is 0 Å². The second kappa shape index (κ2) is 3.92. The van der Waals surface area contributed by atoms with E-state index in [2.05, 4.69) is 4.65 Å². The molecule has 0 bridgehead atoms. The maximum absolute atomic E-state index is 10.9. The summed E-state index contributed by atoms with van der Waals surface area (Å²) in [6.45, 7) is 1.47. The maximum atomic E-state index is 10.9. The number of carbonyl (C=O) groups is 1. The van der Waals surface area contributed by atoms with Crippen molar-refractivity contribution in [3.8, 4) is 5.75 Å². The van der Waals surface area contributed by atoms with Crippen LogP contribution in [0.5, 0.6) is 5.75 Å². The van der Waals surface area contributed by atoms with Crippen LogP contribution in [0.15, 0.2) is 24.3 Å². The average molecular weight is 163 g/mol. The summed E-state index contributed by atoms with van der Waals surface area (Å²) in [7, 11) is 0.583. The highest BCUT2D eigenvalue weighted by Gasteiger charge is 2.00. The summed E-state index contributed by atoms with van der Waals surface area (Å²) in [4.78, 5) is 10.9. The van der Waals surface area contributed by atoms with Crippen LogP contribution in [0.25, 0.3) is 0 Å². The van der Waals surface area contributed by atoms with Crippen LogP contribution in [0, 0.1) is 0 Å². The van der Waals surface area contributed by atoms with Crippen molar-refractivity contribution in [1.82, 2.24) is 0 Å². The van der Waals surface area contributed by atoms with E-state index in [0.29, 0.717) is 19.0 Å². The molecule has 0 spiro atoms. The number of rotatable bonds is 3. The van der Waals surface area contributed by atoms with Crippen LogP contribution in [0.2, 0.25) is 0 Å². The highest BCUT2D eigenvalue weighted by atomic mass is 16.5. The molecule has 0 amide bonds. The summed E-state index contributed by atoms with van der Waals surface area (Å²) < 4.78 is 4.68. The topological polar surface area (TPSA) is 46.5 Å². The minimum atomic E-state index is -0.0293. The summed E-state index contributed by atoms with van der Waals surface area (Å²) in [6, 6.07) is 6.59. The fourth-order valence-electron chi connectivity index (χ4n) is 0.849. The summed E-state index contributed by atoms with van der Waals surface area (Å²) in [5.41, 5.74) is 0.564. The van der Waals surface area contributed by atoms with Crippen LogP contribution in [-0.2, 0) is 0 Å². The Balaban J connectivity index is 2.88. The molecule has 0 saturated carbocycles. The molecule has 61 valence electrons. The van der Waals surface area contributed by atoms with Gasteiger partial charge in [-0.1, -0.05) is 12.1 Å². The van der Waals surface area contributed by atoms with Gasteiger partial charge in [0.2, 0.25) is 0 Å². The van der Waals surface area contributed by atoms with Gasteiger partial charge in [0, 0.05) is 5.56 Å². The van der Waals surface area contributed by atoms with Gasteiger partial charge < -0.3 is 9.68 Å². The van der Waals surface area contributed by atoms with Gasteiger partial charge in [-0.25, -0.2) is 0 Å². The predicted molar refractivity (Wildman–Crippen MR) is 45.0 cm³/mol. The molecule has 0 saturated heterocycles. The second-order valence-corrected chi connectivity index (χ2v) is 2.31. The lowest BCUT2D eigenvalue weighted by Crippen LogP contribution is -2.00. The highest BCUT2D eigenvalue weighted by Crippen LogP contribution is 2.12. The van der Waals surface area contributed by atoms with E-state index >= 15 is 0 Å². The third-order valence-electron chi connectivity index (χ3n) is 1.43. The first-order valence-corrected chi connectivity index (χ1v) is 3.47. The SMILES string of the molecule is CC(=O)c1cccc(O[B]O)c1. The monoisotopic (exact) mass is 163 g/mol. The van der Waals surface area contributed by atoms with Crippen molar-refractivity contribution in [2.45, 2.75) is 6.92 Å². The van der Waals surface area contributed by atoms with E-state index < -0.39 is 0 Å². The van der Waals surface area contributed by atoms with Crippen LogP contribution >= 0.6 is 0 Å². The molecule has 0 heterocycles. The van der Waals surface area contributed by atoms with Gasteiger partial charge in [-0.05, 0) is 19.1 Å². The number of hydrogen-bond donors (Lipinski definition) is 1. The first-order valence-electron chi connectivity index (χ1n) is 3.47. The minimum absolute atomic E-state index is 0.0293. The molecule has 0 aliphatic heterocycles. The van der Waals surface area contributed by atoms with E-state index in [-0.39, 0.29) is 5.78 Å². The zero-order valence-electron chi connectivity index (χ0n) is 6.65. The summed E-state index contributed by atoms with van der Waals surface area (Å²) in [5, 5.41) is 8.32. The summed E-state index contributed by atoms with van der Waals surface area (Å²) >= 11 is 0. The van der Waals surface area contributed by atoms with Gasteiger partial charge in [0.15, 0.2) is 5.78 Å². The zero-order valence-corrected chi connectivity index (χ0v) is 6.65. The molecular formula is C8H8BO3. The van der Waals surface area contributed by atoms with Crippen LogP contribution in [0.4, 0.5) is 0 Å². The fourth-order valence-corrected chi connectivity index (χ4v) is 0.849. The lowest BCUT2D eigenvalue weighted by Gasteiger charge is -2.01. The molecule has 3 nitrogen and oxygen atoms in total. The smallest absolute Gasteiger partial charge is 0.537 e. The van der Waals surface area contributed by atoms with E-state index in [0.717, 1.165) is 0 Å². The Hall–Kier alpha value is -1.29. The van der Waals surface area contributed by atoms with Gasteiger partial charge in [-0.3, -0.25) is 4.79 Å². The largest absolute Gasteiger partial charge is 0.569 e. The summed E-state index contributed by atoms with van der Waals surface area (Å²) in [5.74, 6) is 0.420. The van der Waals surface area contributed by atoms with Crippen LogP contribution in [0.1, 0.15) is 17.3 Å². The Labute approximate surface area is 71.3 Å². The molecule has 1 rings (SSSR count). The normalized spacial score (nSPS) is 9.17. The van der Waals surface area contributed by atoms with Crippen molar-refractivity contribution in [3.05, 3.63) is 29.8 Å². The Bertz CT molecular complexity index is 285. The Morgan fingerprint density at radius 1 is 1.58 bits per heavy atom. The van der Waals surface area contributed by atoms with Crippen molar-refractivity contribution in [2.24, 2.45) is 0 Å². The van der Waals surface area contributed by atoms with Crippen molar-refractivity contribution in [2.75, 3.05) is 0 Å². The molecule has 0 aliphatic rings. The molecule has 1 radical (unpaired) electrons. The van der Waals surface area contributed by atoms with Gasteiger partial charge in [-0.2, -0.15) is 0 Å². The number of ketones is 1. The first kappa shape index (κ1) is 8.81. The van der Waals surface area contributed by atoms with Gasteiger partial charge >= 0.3 is 7.69 Å². The van der Waals surface area contributed by atoms with E-state index in [4.69, 9.17) is 5.02 Å². The standard InChI is InChI=1S/C8H8BO3/c1-6(10)7-3-2-4-8(5-7)12-9-11/h2-5,11H,1H3. The number of carbonyl (C=O) groups excluding carboxylic acids is 1. The van der Waals surface area contributed by atoms with E-state index in [1.54, 1.807) is 24.3 Å². The first-order chi connectivity index (χ1) is 5.74. The number of hydrogen-bond acceptors (Lipinski definition) is 3. The lowest BCUT2D eigenvalue weighted by atomic mass is 10.1. The van der Waals surface area contributed by atoms with Crippen molar-refractivity contribution in [3.63, 3.8) is 0 Å². The molecule has 0 unspecified atom stereocenters. The van der Waals surface area contributed by atoms with Crippen LogP contribution in [-0.4, -0.2) is 18.5 Å². The van der Waals surface area contributed by atoms with Gasteiger partial charge in [0.1, 0.15) is 5.75 Å². The average Bonchev–Trinajstić information content (AvgIpc) is 2.05. The predicted octanol–water partition coefficient (Wildman–Crippen LogP) is 0.794. The third kappa shape index (κ3) is 2.10. The van der Waals surface area contributed by atoms with Crippen LogP contribution in [0.3, 0.4) is 0 Å². The molecule has 0 fully saturated rings. The third-order valence-corrected chi connectivity index (χ3v) is 1.43. The van der Waals surface area contributed by atoms with Crippen molar-refractivity contribution < 1.29 is 14.5 Å². The molecule has 12 heavy (non-hydrogen) atoms. The molecule has 1 aromatic carbocycles. The number of benzene rings is 1. The van der Waals surface area contributed by atoms with Gasteiger partial charge in [0.25, 0.3) is 0 Å². The quantitative estimate of drug-likeness (QED) is 0.529. The zero-order chi connectivity index (χ0) is 8.97. The highest BCUT2D eigenvalue weighted by molar-refractivity contribution is 6.17. The number of Topliss-reactive ketones (excluding diaryl/α,β-unsaturated/α-hetero) is 1. The van der Waals surface area contributed by atoms with Gasteiger partial charge in [0.05, 0.1) is 0 Å². The molecular weight excluding hydrogens is 155 g/mol. The second-order valence-electron chi connectivity index (χ2n) is 2.31. The maximum Gasteiger partial charge on any atom is 0.569 e. The van der Waals surface area contributed by atoms with Crippen LogP contribution < -0.4 is 4.65 Å². The molecule has 1 N–H and O–H groups in total. The molecule has 4 heteroatoms. The van der Waals surface area contributed by atoms with Crippen molar-refractivity contribution in [1.29, 1.82) is 0 Å². The van der Waals surface area contributed by atoms with E-state index in [1.807, 2.05) is 0 Å². The summed E-state index contributed by atoms with van der Waals surface area (Å²) in [6.07, 6.45) is 0. The lowest BCUT2D eigenvalue weighted by molar-refractivity contribution is 0.101. The Kier molecular flexibility index (Phi) is 2.88.